The van der Waals surface area contributed by atoms with E-state index >= 15 is 0 Å². The van der Waals surface area contributed by atoms with Crippen molar-refractivity contribution in [2.24, 2.45) is 7.05 Å². The number of hydrogen-bond acceptors (Lipinski definition) is 3. The second kappa shape index (κ2) is 5.75. The van der Waals surface area contributed by atoms with Gasteiger partial charge in [0, 0.05) is 17.6 Å². The highest BCUT2D eigenvalue weighted by Crippen LogP contribution is 2.23. The summed E-state index contributed by atoms with van der Waals surface area (Å²) in [6.45, 7) is 0. The first-order valence-electron chi connectivity index (χ1n) is 5.75. The molecule has 104 valence electrons. The van der Waals surface area contributed by atoms with Crippen molar-refractivity contribution in [2.75, 3.05) is 0 Å². The number of aryl methyl sites for hydroxylation is 1. The van der Waals surface area contributed by atoms with Gasteiger partial charge in [-0.15, -0.1) is 0 Å². The maximum absolute atomic E-state index is 12.0. The summed E-state index contributed by atoms with van der Waals surface area (Å²) in [5.41, 5.74) is 0.598. The Balaban J connectivity index is 2.28. The van der Waals surface area contributed by atoms with E-state index in [1.54, 1.807) is 31.3 Å². The molecule has 7 heteroatoms. The first kappa shape index (κ1) is 14.1. The van der Waals surface area contributed by atoms with Gasteiger partial charge in [-0.2, -0.15) is 0 Å². The lowest BCUT2D eigenvalue weighted by molar-refractivity contribution is -0.139. The van der Waals surface area contributed by atoms with E-state index in [1.807, 2.05) is 0 Å². The molecule has 1 atom stereocenters. The van der Waals surface area contributed by atoms with Gasteiger partial charge in [-0.05, 0) is 6.07 Å². The summed E-state index contributed by atoms with van der Waals surface area (Å²) < 4.78 is 1.50. The van der Waals surface area contributed by atoms with Crippen molar-refractivity contribution in [3.8, 4) is 0 Å². The Bertz CT molecular complexity index is 654. The van der Waals surface area contributed by atoms with Crippen LogP contribution in [0.3, 0.4) is 0 Å². The van der Waals surface area contributed by atoms with Gasteiger partial charge in [0.25, 0.3) is 5.91 Å². The van der Waals surface area contributed by atoms with Gasteiger partial charge in [-0.25, -0.2) is 9.78 Å². The lowest BCUT2D eigenvalue weighted by Gasteiger charge is -2.16. The zero-order valence-electron chi connectivity index (χ0n) is 10.6. The van der Waals surface area contributed by atoms with Crippen LogP contribution in [0.5, 0.6) is 0 Å². The van der Waals surface area contributed by atoms with Crippen LogP contribution in [0.4, 0.5) is 0 Å². The third-order valence-electron chi connectivity index (χ3n) is 2.79. The summed E-state index contributed by atoms with van der Waals surface area (Å²) in [7, 11) is 1.65. The average molecular weight is 294 g/mol. The fourth-order valence-electron chi connectivity index (χ4n) is 1.76. The molecule has 2 aromatic rings. The largest absolute Gasteiger partial charge is 0.479 e. The first-order valence-corrected chi connectivity index (χ1v) is 6.13. The average Bonchev–Trinajstić information content (AvgIpc) is 2.83. The lowest BCUT2D eigenvalue weighted by Crippen LogP contribution is -2.34. The van der Waals surface area contributed by atoms with Gasteiger partial charge in [0.05, 0.1) is 12.5 Å². The van der Waals surface area contributed by atoms with E-state index in [2.05, 4.69) is 10.3 Å². The van der Waals surface area contributed by atoms with E-state index in [9.17, 15) is 14.7 Å². The topological polar surface area (TPSA) is 84.2 Å². The van der Waals surface area contributed by atoms with Crippen LogP contribution in [0.2, 0.25) is 5.02 Å². The third-order valence-corrected chi connectivity index (χ3v) is 3.13. The summed E-state index contributed by atoms with van der Waals surface area (Å²) in [6.07, 6.45) is 2.82. The van der Waals surface area contributed by atoms with Crippen LogP contribution in [0.1, 0.15) is 22.1 Å². The molecule has 0 saturated carbocycles. The van der Waals surface area contributed by atoms with Crippen LogP contribution in [-0.2, 0) is 11.8 Å². The molecule has 0 spiro atoms. The van der Waals surface area contributed by atoms with Gasteiger partial charge in [0.15, 0.2) is 6.04 Å². The fourth-order valence-corrected chi connectivity index (χ4v) is 2.01. The SMILES string of the molecule is Cn1cncc1C(=O)N[C@@H](C(=O)O)c1ccccc1Cl. The van der Waals surface area contributed by atoms with Gasteiger partial charge in [0.2, 0.25) is 0 Å². The number of aliphatic carboxylic acids is 1. The van der Waals surface area contributed by atoms with Crippen LogP contribution in [0.25, 0.3) is 0 Å². The van der Waals surface area contributed by atoms with Crippen molar-refractivity contribution in [3.05, 3.63) is 53.1 Å². The Morgan fingerprint density at radius 1 is 1.40 bits per heavy atom. The van der Waals surface area contributed by atoms with E-state index in [0.29, 0.717) is 5.56 Å². The molecule has 1 heterocycles. The van der Waals surface area contributed by atoms with Crippen LogP contribution in [-0.4, -0.2) is 26.5 Å². The van der Waals surface area contributed by atoms with E-state index < -0.39 is 17.9 Å². The second-order valence-corrected chi connectivity index (χ2v) is 4.56. The molecule has 0 aliphatic heterocycles. The molecule has 1 aromatic carbocycles. The van der Waals surface area contributed by atoms with Crippen molar-refractivity contribution in [1.82, 2.24) is 14.9 Å². The van der Waals surface area contributed by atoms with Gasteiger partial charge < -0.3 is 15.0 Å². The molecule has 0 aliphatic rings. The number of aromatic nitrogens is 2. The van der Waals surface area contributed by atoms with Gasteiger partial charge in [-0.3, -0.25) is 4.79 Å². The van der Waals surface area contributed by atoms with Crippen LogP contribution in [0.15, 0.2) is 36.8 Å². The highest BCUT2D eigenvalue weighted by molar-refractivity contribution is 6.31. The maximum atomic E-state index is 12.0. The highest BCUT2D eigenvalue weighted by atomic mass is 35.5. The number of carboxylic acid groups (broad SMARTS) is 1. The molecule has 0 bridgehead atoms. The van der Waals surface area contributed by atoms with Crippen LogP contribution >= 0.6 is 11.6 Å². The molecular weight excluding hydrogens is 282 g/mol. The molecule has 2 rings (SSSR count). The molecule has 1 aromatic heterocycles. The van der Waals surface area contributed by atoms with E-state index in [-0.39, 0.29) is 10.7 Å². The van der Waals surface area contributed by atoms with Crippen molar-refractivity contribution in [1.29, 1.82) is 0 Å². The minimum absolute atomic E-state index is 0.267. The summed E-state index contributed by atoms with van der Waals surface area (Å²) in [4.78, 5) is 27.2. The Morgan fingerprint density at radius 3 is 2.65 bits per heavy atom. The number of hydrogen-bond donors (Lipinski definition) is 2. The Kier molecular flexibility index (Phi) is 4.05. The number of nitrogens with zero attached hydrogens (tertiary/aromatic N) is 2. The summed E-state index contributed by atoms with van der Waals surface area (Å²) in [6, 6.07) is 5.26. The van der Waals surface area contributed by atoms with E-state index in [4.69, 9.17) is 11.6 Å². The van der Waals surface area contributed by atoms with Crippen LogP contribution < -0.4 is 5.32 Å². The van der Waals surface area contributed by atoms with Crippen LogP contribution in [0, 0.1) is 0 Å². The zero-order valence-corrected chi connectivity index (χ0v) is 11.3. The number of halogens is 1. The predicted octanol–water partition coefficient (Wildman–Crippen LogP) is 1.63. The van der Waals surface area contributed by atoms with Gasteiger partial charge >= 0.3 is 5.97 Å². The predicted molar refractivity (Wildman–Crippen MR) is 72.5 cm³/mol. The molecule has 2 N–H and O–H groups in total. The number of rotatable bonds is 4. The maximum Gasteiger partial charge on any atom is 0.330 e. The molecule has 20 heavy (non-hydrogen) atoms. The summed E-state index contributed by atoms with van der Waals surface area (Å²) in [5.74, 6) is -1.72. The van der Waals surface area contributed by atoms with Gasteiger partial charge in [0.1, 0.15) is 5.69 Å². The molecular formula is C13H12ClN3O3. The quantitative estimate of drug-likeness (QED) is 0.897. The molecule has 0 aliphatic carbocycles. The lowest BCUT2D eigenvalue weighted by atomic mass is 10.1. The van der Waals surface area contributed by atoms with Crippen molar-refractivity contribution >= 4 is 23.5 Å². The van der Waals surface area contributed by atoms with Crippen molar-refractivity contribution in [3.63, 3.8) is 0 Å². The number of carbonyl (C=O) groups excluding carboxylic acids is 1. The summed E-state index contributed by atoms with van der Waals surface area (Å²) in [5, 5.41) is 12.0. The summed E-state index contributed by atoms with van der Waals surface area (Å²) >= 11 is 5.97. The standard InChI is InChI=1S/C13H12ClN3O3/c1-17-7-15-6-10(17)12(18)16-11(13(19)20)8-4-2-3-5-9(8)14/h2-7,11H,1H3,(H,16,18)(H,19,20)/t11-/m1/s1. The molecule has 1 amide bonds. The smallest absolute Gasteiger partial charge is 0.330 e. The number of benzene rings is 1. The molecule has 0 unspecified atom stereocenters. The normalized spacial score (nSPS) is 11.9. The Morgan fingerprint density at radius 2 is 2.10 bits per heavy atom. The first-order chi connectivity index (χ1) is 9.50. The number of carbonyl (C=O) groups is 2. The number of amides is 1. The number of imidazole rings is 1. The van der Waals surface area contributed by atoms with Crippen molar-refractivity contribution < 1.29 is 14.7 Å². The zero-order chi connectivity index (χ0) is 14.7. The minimum Gasteiger partial charge on any atom is -0.479 e. The molecule has 0 radical (unpaired) electrons. The third kappa shape index (κ3) is 2.80. The Labute approximate surface area is 120 Å². The molecule has 0 fully saturated rings. The minimum atomic E-state index is -1.22. The van der Waals surface area contributed by atoms with Crippen molar-refractivity contribution in [2.45, 2.75) is 6.04 Å². The Hall–Kier alpha value is -2.34. The molecule has 0 saturated heterocycles. The highest BCUT2D eigenvalue weighted by Gasteiger charge is 2.25. The van der Waals surface area contributed by atoms with E-state index in [1.165, 1.54) is 17.1 Å². The number of nitrogens with one attached hydrogen (secondary N) is 1. The second-order valence-electron chi connectivity index (χ2n) is 4.16. The molecule has 6 nitrogen and oxygen atoms in total. The monoisotopic (exact) mass is 293 g/mol. The van der Waals surface area contributed by atoms with E-state index in [0.717, 1.165) is 0 Å². The fraction of sp³-hybridized carbons (Fsp3) is 0.154. The number of carboxylic acids is 1. The van der Waals surface area contributed by atoms with Gasteiger partial charge in [-0.1, -0.05) is 29.8 Å².